The maximum Gasteiger partial charge on any atom is 0.411 e. The lowest BCUT2D eigenvalue weighted by molar-refractivity contribution is -0.176. The molecule has 2 rings (SSSR count). The highest BCUT2D eigenvalue weighted by Crippen LogP contribution is 2.16. The molecule has 5 nitrogen and oxygen atoms in total. The van der Waals surface area contributed by atoms with Gasteiger partial charge in [-0.15, -0.1) is 0 Å². The van der Waals surface area contributed by atoms with Crippen LogP contribution in [0.1, 0.15) is 15.9 Å². The third-order valence-corrected chi connectivity index (χ3v) is 3.06. The monoisotopic (exact) mass is 316 g/mol. The fourth-order valence-corrected chi connectivity index (χ4v) is 2.02. The van der Waals surface area contributed by atoms with Gasteiger partial charge >= 0.3 is 6.18 Å². The third kappa shape index (κ3) is 4.73. The zero-order chi connectivity index (χ0) is 16.2. The van der Waals surface area contributed by atoms with Crippen molar-refractivity contribution < 1.29 is 27.5 Å². The van der Waals surface area contributed by atoms with E-state index in [4.69, 9.17) is 0 Å². The molecule has 0 aliphatic carbocycles. The van der Waals surface area contributed by atoms with E-state index < -0.39 is 12.8 Å². The second-order valence-corrected chi connectivity index (χ2v) is 4.88. The second kappa shape index (κ2) is 6.78. The maximum atomic E-state index is 12.2. The highest BCUT2D eigenvalue weighted by atomic mass is 19.4. The van der Waals surface area contributed by atoms with Crippen LogP contribution in [0.25, 0.3) is 0 Å². The Kier molecular flexibility index (Phi) is 5.02. The maximum absolute atomic E-state index is 12.2. The number of rotatable bonds is 4. The Balaban J connectivity index is 1.91. The molecule has 1 fully saturated rings. The number of amides is 2. The van der Waals surface area contributed by atoms with Crippen LogP contribution in [0.5, 0.6) is 0 Å². The van der Waals surface area contributed by atoms with Crippen LogP contribution < -0.4 is 5.32 Å². The van der Waals surface area contributed by atoms with Gasteiger partial charge in [0.2, 0.25) is 5.91 Å². The fourth-order valence-electron chi connectivity index (χ4n) is 2.02. The number of nitrogens with zero attached hydrogens (tertiary/aromatic N) is 1. The molecule has 1 aromatic rings. The normalized spacial score (nSPS) is 15.6. The summed E-state index contributed by atoms with van der Waals surface area (Å²) in [6.07, 6.45) is -4.36. The summed E-state index contributed by atoms with van der Waals surface area (Å²) in [5.41, 5.74) is 0.923. The van der Waals surface area contributed by atoms with Crippen molar-refractivity contribution in [1.82, 2.24) is 10.2 Å². The first-order chi connectivity index (χ1) is 10.3. The Labute approximate surface area is 125 Å². The van der Waals surface area contributed by atoms with Gasteiger partial charge in [-0.2, -0.15) is 13.2 Å². The fraction of sp³-hybridized carbons (Fsp3) is 0.429. The molecule has 1 N–H and O–H groups in total. The lowest BCUT2D eigenvalue weighted by Gasteiger charge is -2.26. The molecule has 1 saturated heterocycles. The summed E-state index contributed by atoms with van der Waals surface area (Å²) < 4.78 is 40.4. The highest BCUT2D eigenvalue weighted by molar-refractivity contribution is 5.97. The van der Waals surface area contributed by atoms with Crippen molar-refractivity contribution >= 4 is 11.8 Å². The average molecular weight is 316 g/mol. The van der Waals surface area contributed by atoms with Gasteiger partial charge in [-0.05, 0) is 17.7 Å². The number of hydrogen-bond acceptors (Lipinski definition) is 3. The lowest BCUT2D eigenvalue weighted by atomic mass is 10.1. The topological polar surface area (TPSA) is 58.6 Å². The smallest absolute Gasteiger partial charge is 0.367 e. The van der Waals surface area contributed by atoms with Gasteiger partial charge in [0.1, 0.15) is 6.61 Å². The summed E-state index contributed by atoms with van der Waals surface area (Å²) in [6.45, 7) is -0.638. The number of benzene rings is 1. The number of carbonyl (C=O) groups is 2. The zero-order valence-corrected chi connectivity index (χ0v) is 11.7. The Morgan fingerprint density at radius 1 is 1.27 bits per heavy atom. The number of nitrogens with one attached hydrogen (secondary N) is 1. The molecule has 0 radical (unpaired) electrons. The van der Waals surface area contributed by atoms with Gasteiger partial charge in [0, 0.05) is 18.7 Å². The molecule has 0 atom stereocenters. The molecule has 1 aliphatic heterocycles. The number of alkyl halides is 3. The minimum atomic E-state index is -4.36. The van der Waals surface area contributed by atoms with Crippen LogP contribution in [0.3, 0.4) is 0 Å². The summed E-state index contributed by atoms with van der Waals surface area (Å²) in [4.78, 5) is 24.8. The molecule has 0 spiro atoms. The van der Waals surface area contributed by atoms with Crippen LogP contribution in [0.15, 0.2) is 24.3 Å². The molecule has 0 saturated carbocycles. The third-order valence-electron chi connectivity index (χ3n) is 3.06. The number of hydrogen-bond donors (Lipinski definition) is 1. The Morgan fingerprint density at radius 3 is 2.55 bits per heavy atom. The molecule has 1 heterocycles. The van der Waals surface area contributed by atoms with E-state index in [1.807, 2.05) is 0 Å². The summed E-state index contributed by atoms with van der Waals surface area (Å²) in [7, 11) is 0. The van der Waals surface area contributed by atoms with E-state index in [1.54, 1.807) is 0 Å². The molecule has 0 bridgehead atoms. The standard InChI is InChI=1S/C14H15F3N2O3/c15-14(16,17)9-22-8-10-1-3-11(4-2-10)13(21)19-6-5-18-12(20)7-19/h1-4H,5-9H2,(H,18,20). The molecule has 8 heteroatoms. The van der Waals surface area contributed by atoms with Gasteiger partial charge in [-0.3, -0.25) is 9.59 Å². The largest absolute Gasteiger partial charge is 0.411 e. The van der Waals surface area contributed by atoms with Gasteiger partial charge < -0.3 is 15.0 Å². The molecule has 22 heavy (non-hydrogen) atoms. The van der Waals surface area contributed by atoms with Crippen molar-refractivity contribution in [3.63, 3.8) is 0 Å². The summed E-state index contributed by atoms with van der Waals surface area (Å²) >= 11 is 0. The minimum Gasteiger partial charge on any atom is -0.367 e. The predicted octanol–water partition coefficient (Wildman–Crippen LogP) is 1.34. The summed E-state index contributed by atoms with van der Waals surface area (Å²) in [5, 5.41) is 2.62. The lowest BCUT2D eigenvalue weighted by Crippen LogP contribution is -2.49. The van der Waals surface area contributed by atoms with Crippen molar-refractivity contribution in [2.45, 2.75) is 12.8 Å². The van der Waals surface area contributed by atoms with E-state index in [0.29, 0.717) is 24.2 Å². The number of halogens is 3. The Hall–Kier alpha value is -2.09. The molecule has 0 aromatic heterocycles. The van der Waals surface area contributed by atoms with Crippen LogP contribution in [-0.4, -0.2) is 49.1 Å². The zero-order valence-electron chi connectivity index (χ0n) is 11.7. The minimum absolute atomic E-state index is 0.00920. The van der Waals surface area contributed by atoms with E-state index in [2.05, 4.69) is 10.1 Å². The molecular formula is C14H15F3N2O3. The van der Waals surface area contributed by atoms with Gasteiger partial charge in [0.05, 0.1) is 13.2 Å². The van der Waals surface area contributed by atoms with Gasteiger partial charge in [-0.25, -0.2) is 0 Å². The highest BCUT2D eigenvalue weighted by Gasteiger charge is 2.27. The molecule has 2 amide bonds. The van der Waals surface area contributed by atoms with Crippen molar-refractivity contribution in [2.75, 3.05) is 26.2 Å². The number of ether oxygens (including phenoxy) is 1. The average Bonchev–Trinajstić information content (AvgIpc) is 2.46. The van der Waals surface area contributed by atoms with E-state index >= 15 is 0 Å². The van der Waals surface area contributed by atoms with Gasteiger partial charge in [0.15, 0.2) is 0 Å². The summed E-state index contributed by atoms with van der Waals surface area (Å²) in [5.74, 6) is -0.491. The van der Waals surface area contributed by atoms with E-state index in [1.165, 1.54) is 29.2 Å². The summed E-state index contributed by atoms with van der Waals surface area (Å²) in [6, 6.07) is 6.10. The first kappa shape index (κ1) is 16.3. The van der Waals surface area contributed by atoms with Gasteiger partial charge in [0.25, 0.3) is 5.91 Å². The van der Waals surface area contributed by atoms with Crippen molar-refractivity contribution in [2.24, 2.45) is 0 Å². The molecule has 120 valence electrons. The molecule has 0 unspecified atom stereocenters. The van der Waals surface area contributed by atoms with Crippen LogP contribution in [0.4, 0.5) is 13.2 Å². The molecule has 1 aromatic carbocycles. The van der Waals surface area contributed by atoms with Crippen LogP contribution >= 0.6 is 0 Å². The predicted molar refractivity (Wildman–Crippen MR) is 71.1 cm³/mol. The first-order valence-corrected chi connectivity index (χ1v) is 6.64. The molecular weight excluding hydrogens is 301 g/mol. The van der Waals surface area contributed by atoms with Crippen molar-refractivity contribution in [3.05, 3.63) is 35.4 Å². The van der Waals surface area contributed by atoms with Crippen LogP contribution in [0, 0.1) is 0 Å². The number of piperazine rings is 1. The Morgan fingerprint density at radius 2 is 1.95 bits per heavy atom. The van der Waals surface area contributed by atoms with E-state index in [0.717, 1.165) is 0 Å². The SMILES string of the molecule is O=C1CN(C(=O)c2ccc(COCC(F)(F)F)cc2)CCN1. The van der Waals surface area contributed by atoms with Crippen LogP contribution in [-0.2, 0) is 16.1 Å². The molecule has 1 aliphatic rings. The number of carbonyl (C=O) groups excluding carboxylic acids is 2. The Bertz CT molecular complexity index is 543. The quantitative estimate of drug-likeness (QED) is 0.912. The van der Waals surface area contributed by atoms with Crippen LogP contribution in [0.2, 0.25) is 0 Å². The first-order valence-electron chi connectivity index (χ1n) is 6.64. The van der Waals surface area contributed by atoms with E-state index in [-0.39, 0.29) is 25.0 Å². The van der Waals surface area contributed by atoms with Crippen molar-refractivity contribution in [1.29, 1.82) is 0 Å². The van der Waals surface area contributed by atoms with E-state index in [9.17, 15) is 22.8 Å². The van der Waals surface area contributed by atoms with Crippen molar-refractivity contribution in [3.8, 4) is 0 Å². The van der Waals surface area contributed by atoms with Gasteiger partial charge in [-0.1, -0.05) is 12.1 Å². The second-order valence-electron chi connectivity index (χ2n) is 4.88.